The van der Waals surface area contributed by atoms with Crippen molar-refractivity contribution in [1.29, 1.82) is 0 Å². The van der Waals surface area contributed by atoms with Crippen LogP contribution in [0, 0.1) is 0 Å². The molecule has 0 saturated heterocycles. The molecule has 0 amide bonds. The van der Waals surface area contributed by atoms with E-state index in [0.717, 1.165) is 17.4 Å². The van der Waals surface area contributed by atoms with Gasteiger partial charge in [0.25, 0.3) is 0 Å². The molecule has 0 N–H and O–H groups in total. The molecule has 1 aromatic heterocycles. The molecule has 0 aliphatic carbocycles. The fraction of sp³-hybridized carbons (Fsp3) is 0.182. The summed E-state index contributed by atoms with van der Waals surface area (Å²) in [6.07, 6.45) is 1.84. The maximum absolute atomic E-state index is 11.4. The lowest BCUT2D eigenvalue weighted by atomic mass is 10.2. The third kappa shape index (κ3) is 1.24. The Morgan fingerprint density at radius 1 is 1.23 bits per heavy atom. The van der Waals surface area contributed by atoms with Crippen molar-refractivity contribution in [3.63, 3.8) is 0 Å². The van der Waals surface area contributed by atoms with Crippen molar-refractivity contribution in [1.82, 2.24) is 4.57 Å². The second-order valence-corrected chi connectivity index (χ2v) is 2.98. The van der Waals surface area contributed by atoms with Crippen LogP contribution in [0.3, 0.4) is 0 Å². The van der Waals surface area contributed by atoms with Crippen molar-refractivity contribution < 1.29 is 0 Å². The predicted octanol–water partition coefficient (Wildman–Crippen LogP) is 2.02. The van der Waals surface area contributed by atoms with Crippen LogP contribution >= 0.6 is 0 Å². The number of nitrogens with zero attached hydrogens (tertiary/aromatic N) is 1. The van der Waals surface area contributed by atoms with Crippen LogP contribution in [-0.2, 0) is 6.54 Å². The van der Waals surface area contributed by atoms with Crippen LogP contribution in [0.5, 0.6) is 0 Å². The molecule has 66 valence electrons. The summed E-state index contributed by atoms with van der Waals surface area (Å²) in [4.78, 5) is 11.4. The van der Waals surface area contributed by atoms with Crippen LogP contribution in [-0.4, -0.2) is 4.57 Å². The average molecular weight is 173 g/mol. The van der Waals surface area contributed by atoms with E-state index in [2.05, 4.69) is 11.5 Å². The number of aromatic nitrogens is 1. The number of hydrogen-bond donors (Lipinski definition) is 0. The molecule has 0 atom stereocenters. The van der Waals surface area contributed by atoms with Crippen molar-refractivity contribution in [3.8, 4) is 0 Å². The molecule has 0 spiro atoms. The van der Waals surface area contributed by atoms with Crippen LogP contribution in [0.25, 0.3) is 10.9 Å². The highest BCUT2D eigenvalue weighted by Gasteiger charge is 1.98. The molecule has 1 heterocycles. The second kappa shape index (κ2) is 3.05. The number of hydrogen-bond acceptors (Lipinski definition) is 1. The number of pyridine rings is 1. The summed E-state index contributed by atoms with van der Waals surface area (Å²) >= 11 is 0. The minimum Gasteiger partial charge on any atom is -0.348 e. The number of para-hydroxylation sites is 1. The van der Waals surface area contributed by atoms with Crippen LogP contribution in [0.15, 0.2) is 41.3 Å². The van der Waals surface area contributed by atoms with E-state index in [-0.39, 0.29) is 5.43 Å². The highest BCUT2D eigenvalue weighted by atomic mass is 16.1. The summed E-state index contributed by atoms with van der Waals surface area (Å²) < 4.78 is 2.07. The van der Waals surface area contributed by atoms with Gasteiger partial charge in [-0.05, 0) is 19.1 Å². The molecule has 0 bridgehead atoms. The summed E-state index contributed by atoms with van der Waals surface area (Å²) in [6.45, 7) is 2.96. The molecule has 2 aromatic rings. The average Bonchev–Trinajstić information content (AvgIpc) is 2.19. The third-order valence-corrected chi connectivity index (χ3v) is 2.23. The number of rotatable bonds is 1. The Morgan fingerprint density at radius 3 is 2.77 bits per heavy atom. The lowest BCUT2D eigenvalue weighted by Crippen LogP contribution is -2.06. The molecule has 0 aliphatic rings. The van der Waals surface area contributed by atoms with Crippen molar-refractivity contribution in [2.45, 2.75) is 13.5 Å². The van der Waals surface area contributed by atoms with Gasteiger partial charge in [-0.1, -0.05) is 12.1 Å². The largest absolute Gasteiger partial charge is 0.348 e. The molecular formula is C11H11NO. The van der Waals surface area contributed by atoms with E-state index < -0.39 is 0 Å². The molecule has 0 radical (unpaired) electrons. The van der Waals surface area contributed by atoms with Crippen molar-refractivity contribution in [2.75, 3.05) is 0 Å². The summed E-state index contributed by atoms with van der Waals surface area (Å²) in [5, 5.41) is 0.798. The molecule has 2 rings (SSSR count). The molecule has 13 heavy (non-hydrogen) atoms. The predicted molar refractivity (Wildman–Crippen MR) is 53.9 cm³/mol. The Bertz CT molecular complexity index is 485. The first-order valence-corrected chi connectivity index (χ1v) is 4.41. The van der Waals surface area contributed by atoms with E-state index in [0.29, 0.717) is 0 Å². The van der Waals surface area contributed by atoms with Crippen LogP contribution in [0.1, 0.15) is 6.92 Å². The van der Waals surface area contributed by atoms with Gasteiger partial charge in [-0.3, -0.25) is 4.79 Å². The third-order valence-electron chi connectivity index (χ3n) is 2.23. The first-order valence-electron chi connectivity index (χ1n) is 4.41. The Labute approximate surface area is 76.4 Å². The van der Waals surface area contributed by atoms with Crippen LogP contribution < -0.4 is 5.43 Å². The van der Waals surface area contributed by atoms with E-state index in [4.69, 9.17) is 0 Å². The van der Waals surface area contributed by atoms with E-state index >= 15 is 0 Å². The fourth-order valence-electron chi connectivity index (χ4n) is 1.54. The zero-order valence-corrected chi connectivity index (χ0v) is 7.53. The molecular weight excluding hydrogens is 162 g/mol. The van der Waals surface area contributed by atoms with E-state index in [1.165, 1.54) is 0 Å². The van der Waals surface area contributed by atoms with Gasteiger partial charge < -0.3 is 4.57 Å². The Morgan fingerprint density at radius 2 is 2.00 bits per heavy atom. The summed E-state index contributed by atoms with van der Waals surface area (Å²) in [7, 11) is 0. The Kier molecular flexibility index (Phi) is 1.89. The van der Waals surface area contributed by atoms with Gasteiger partial charge in [-0.2, -0.15) is 0 Å². The lowest BCUT2D eigenvalue weighted by molar-refractivity contribution is 0.788. The van der Waals surface area contributed by atoms with Gasteiger partial charge in [0.05, 0.1) is 5.52 Å². The molecule has 2 nitrogen and oxygen atoms in total. The van der Waals surface area contributed by atoms with Crippen molar-refractivity contribution in [2.24, 2.45) is 0 Å². The van der Waals surface area contributed by atoms with Gasteiger partial charge in [0.15, 0.2) is 5.43 Å². The maximum atomic E-state index is 11.4. The Balaban J connectivity index is 2.93. The zero-order chi connectivity index (χ0) is 9.26. The highest BCUT2D eigenvalue weighted by molar-refractivity contribution is 5.78. The number of aryl methyl sites for hydroxylation is 1. The molecule has 0 aliphatic heterocycles. The highest BCUT2D eigenvalue weighted by Crippen LogP contribution is 2.08. The first-order chi connectivity index (χ1) is 6.33. The fourth-order valence-corrected chi connectivity index (χ4v) is 1.54. The zero-order valence-electron chi connectivity index (χ0n) is 7.53. The molecule has 1 aromatic carbocycles. The van der Waals surface area contributed by atoms with Gasteiger partial charge >= 0.3 is 0 Å². The van der Waals surface area contributed by atoms with E-state index in [1.807, 2.05) is 30.5 Å². The standard InChI is InChI=1S/C11H11NO/c1-2-12-8-7-11(13)9-5-3-4-6-10(9)12/h3-8H,2H2,1H3. The van der Waals surface area contributed by atoms with Gasteiger partial charge in [0.1, 0.15) is 0 Å². The number of benzene rings is 1. The SMILES string of the molecule is CCn1ccc(=O)c2ccccc21. The smallest absolute Gasteiger partial charge is 0.189 e. The lowest BCUT2D eigenvalue weighted by Gasteiger charge is -2.06. The van der Waals surface area contributed by atoms with Crippen molar-refractivity contribution >= 4 is 10.9 Å². The summed E-state index contributed by atoms with van der Waals surface area (Å²) in [6, 6.07) is 9.30. The minimum absolute atomic E-state index is 0.0975. The maximum Gasteiger partial charge on any atom is 0.189 e. The molecule has 0 fully saturated rings. The van der Waals surface area contributed by atoms with Gasteiger partial charge in [-0.25, -0.2) is 0 Å². The topological polar surface area (TPSA) is 22.0 Å². The summed E-state index contributed by atoms with van der Waals surface area (Å²) in [5.41, 5.74) is 1.11. The van der Waals surface area contributed by atoms with Gasteiger partial charge in [0.2, 0.25) is 0 Å². The second-order valence-electron chi connectivity index (χ2n) is 2.98. The van der Waals surface area contributed by atoms with Crippen LogP contribution in [0.2, 0.25) is 0 Å². The first kappa shape index (κ1) is 8.05. The van der Waals surface area contributed by atoms with E-state index in [1.54, 1.807) is 6.07 Å². The van der Waals surface area contributed by atoms with Crippen LogP contribution in [0.4, 0.5) is 0 Å². The Hall–Kier alpha value is -1.57. The monoisotopic (exact) mass is 173 g/mol. The van der Waals surface area contributed by atoms with Crippen molar-refractivity contribution in [3.05, 3.63) is 46.8 Å². The number of fused-ring (bicyclic) bond motifs is 1. The van der Waals surface area contributed by atoms with Gasteiger partial charge in [-0.15, -0.1) is 0 Å². The van der Waals surface area contributed by atoms with E-state index in [9.17, 15) is 4.79 Å². The molecule has 2 heteroatoms. The molecule has 0 unspecified atom stereocenters. The normalized spacial score (nSPS) is 10.5. The quantitative estimate of drug-likeness (QED) is 0.646. The summed E-state index contributed by atoms with van der Waals surface area (Å²) in [5.74, 6) is 0. The van der Waals surface area contributed by atoms with Gasteiger partial charge in [0, 0.05) is 24.2 Å². The molecule has 0 saturated carbocycles. The minimum atomic E-state index is 0.0975.